The number of benzene rings is 2. The summed E-state index contributed by atoms with van der Waals surface area (Å²) in [6.07, 6.45) is 2.28. The van der Waals surface area contributed by atoms with Gasteiger partial charge in [0.15, 0.2) is 0 Å². The number of carbonyl (C=O) groups is 2. The molecule has 4 nitrogen and oxygen atoms in total. The molecule has 0 saturated heterocycles. The number of rotatable bonds is 7. The third-order valence-corrected chi connectivity index (χ3v) is 4.35. The van der Waals surface area contributed by atoms with E-state index in [1.807, 2.05) is 19.2 Å². The summed E-state index contributed by atoms with van der Waals surface area (Å²) in [7, 11) is 3.42. The molecule has 0 heterocycles. The molecule has 1 N–H and O–H groups in total. The minimum Gasteiger partial charge on any atom is -0.355 e. The third kappa shape index (κ3) is 5.45. The summed E-state index contributed by atoms with van der Waals surface area (Å²) in [6.45, 7) is 2.68. The van der Waals surface area contributed by atoms with Gasteiger partial charge in [-0.3, -0.25) is 9.59 Å². The monoisotopic (exact) mass is 338 g/mol. The van der Waals surface area contributed by atoms with Crippen LogP contribution in [-0.2, 0) is 24.2 Å². The molecule has 0 atom stereocenters. The molecule has 0 aromatic heterocycles. The predicted octanol–water partition coefficient (Wildman–Crippen LogP) is 3.20. The summed E-state index contributed by atoms with van der Waals surface area (Å²) in [6, 6.07) is 15.8. The first kappa shape index (κ1) is 18.7. The van der Waals surface area contributed by atoms with Gasteiger partial charge in [0, 0.05) is 32.6 Å². The standard InChI is InChI=1S/C21H26N2O2/c1-4-16-5-7-17(8-6-16)11-14-20(24)23(3)15-18-9-12-19(13-10-18)21(25)22-2/h5-10,12-13H,4,11,14-15H2,1-3H3,(H,22,25). The molecule has 0 fully saturated rings. The minimum atomic E-state index is -0.106. The van der Waals surface area contributed by atoms with Crippen LogP contribution in [0.3, 0.4) is 0 Å². The molecule has 0 spiro atoms. The lowest BCUT2D eigenvalue weighted by Gasteiger charge is -2.17. The minimum absolute atomic E-state index is 0.106. The van der Waals surface area contributed by atoms with Crippen LogP contribution in [0.15, 0.2) is 48.5 Å². The number of carbonyl (C=O) groups excluding carboxylic acids is 2. The first-order chi connectivity index (χ1) is 12.0. The Bertz CT molecular complexity index is 706. The molecule has 0 aliphatic carbocycles. The van der Waals surface area contributed by atoms with E-state index < -0.39 is 0 Å². The molecule has 0 aliphatic heterocycles. The van der Waals surface area contributed by atoms with E-state index in [0.29, 0.717) is 18.5 Å². The molecule has 2 aromatic rings. The summed E-state index contributed by atoms with van der Waals surface area (Å²) < 4.78 is 0. The summed E-state index contributed by atoms with van der Waals surface area (Å²) in [5, 5.41) is 2.60. The number of aryl methyl sites for hydroxylation is 2. The van der Waals surface area contributed by atoms with Gasteiger partial charge in [-0.2, -0.15) is 0 Å². The van der Waals surface area contributed by atoms with Gasteiger partial charge in [-0.15, -0.1) is 0 Å². The van der Waals surface area contributed by atoms with E-state index in [4.69, 9.17) is 0 Å². The molecule has 0 radical (unpaired) electrons. The Morgan fingerprint density at radius 1 is 0.920 bits per heavy atom. The third-order valence-electron chi connectivity index (χ3n) is 4.35. The molecule has 0 unspecified atom stereocenters. The van der Waals surface area contributed by atoms with Crippen LogP contribution in [0.2, 0.25) is 0 Å². The number of amides is 2. The smallest absolute Gasteiger partial charge is 0.251 e. The molecule has 4 heteroatoms. The number of nitrogens with zero attached hydrogens (tertiary/aromatic N) is 1. The lowest BCUT2D eigenvalue weighted by Crippen LogP contribution is -2.26. The first-order valence-corrected chi connectivity index (χ1v) is 8.66. The van der Waals surface area contributed by atoms with Crippen molar-refractivity contribution < 1.29 is 9.59 Å². The van der Waals surface area contributed by atoms with Crippen LogP contribution in [0, 0.1) is 0 Å². The van der Waals surface area contributed by atoms with Crippen molar-refractivity contribution in [1.29, 1.82) is 0 Å². The van der Waals surface area contributed by atoms with E-state index in [-0.39, 0.29) is 11.8 Å². The number of hydrogen-bond acceptors (Lipinski definition) is 2. The largest absolute Gasteiger partial charge is 0.355 e. The van der Waals surface area contributed by atoms with E-state index in [2.05, 4.69) is 36.5 Å². The molecule has 2 aromatic carbocycles. The van der Waals surface area contributed by atoms with Crippen LogP contribution in [0.5, 0.6) is 0 Å². The quantitative estimate of drug-likeness (QED) is 0.843. The predicted molar refractivity (Wildman–Crippen MR) is 100 cm³/mol. The number of hydrogen-bond donors (Lipinski definition) is 1. The Morgan fingerprint density at radius 3 is 2.04 bits per heavy atom. The molecule has 25 heavy (non-hydrogen) atoms. The van der Waals surface area contributed by atoms with Gasteiger partial charge in [0.1, 0.15) is 0 Å². The van der Waals surface area contributed by atoms with Crippen molar-refractivity contribution in [3.8, 4) is 0 Å². The van der Waals surface area contributed by atoms with Gasteiger partial charge in [0.25, 0.3) is 5.91 Å². The summed E-state index contributed by atoms with van der Waals surface area (Å²) in [4.78, 5) is 25.6. The molecule has 0 bridgehead atoms. The number of nitrogens with one attached hydrogen (secondary N) is 1. The van der Waals surface area contributed by atoms with E-state index in [9.17, 15) is 9.59 Å². The van der Waals surface area contributed by atoms with Crippen molar-refractivity contribution in [2.75, 3.05) is 14.1 Å². The van der Waals surface area contributed by atoms with Crippen LogP contribution < -0.4 is 5.32 Å². The zero-order valence-electron chi connectivity index (χ0n) is 15.2. The highest BCUT2D eigenvalue weighted by Crippen LogP contribution is 2.11. The second-order valence-electron chi connectivity index (χ2n) is 6.20. The average Bonchev–Trinajstić information content (AvgIpc) is 2.66. The maximum absolute atomic E-state index is 12.3. The lowest BCUT2D eigenvalue weighted by molar-refractivity contribution is -0.130. The van der Waals surface area contributed by atoms with Crippen LogP contribution in [0.1, 0.15) is 40.4 Å². The van der Waals surface area contributed by atoms with Gasteiger partial charge >= 0.3 is 0 Å². The zero-order valence-corrected chi connectivity index (χ0v) is 15.2. The Balaban J connectivity index is 1.85. The van der Waals surface area contributed by atoms with E-state index in [0.717, 1.165) is 18.4 Å². The van der Waals surface area contributed by atoms with Crippen molar-refractivity contribution in [2.45, 2.75) is 32.7 Å². The van der Waals surface area contributed by atoms with Crippen molar-refractivity contribution in [3.05, 3.63) is 70.8 Å². The van der Waals surface area contributed by atoms with Crippen LogP contribution in [0.4, 0.5) is 0 Å². The highest BCUT2D eigenvalue weighted by atomic mass is 16.2. The van der Waals surface area contributed by atoms with Gasteiger partial charge < -0.3 is 10.2 Å². The van der Waals surface area contributed by atoms with Crippen molar-refractivity contribution >= 4 is 11.8 Å². The molecule has 0 saturated carbocycles. The Kier molecular flexibility index (Phi) is 6.75. The van der Waals surface area contributed by atoms with Gasteiger partial charge in [-0.1, -0.05) is 43.3 Å². The highest BCUT2D eigenvalue weighted by molar-refractivity contribution is 5.93. The zero-order chi connectivity index (χ0) is 18.2. The SMILES string of the molecule is CCc1ccc(CCC(=O)N(C)Cc2ccc(C(=O)NC)cc2)cc1. The topological polar surface area (TPSA) is 49.4 Å². The second kappa shape index (κ2) is 9.02. The first-order valence-electron chi connectivity index (χ1n) is 8.66. The normalized spacial score (nSPS) is 10.4. The van der Waals surface area contributed by atoms with Gasteiger partial charge in [-0.05, 0) is 41.7 Å². The maximum atomic E-state index is 12.3. The Hall–Kier alpha value is -2.62. The molecule has 2 amide bonds. The molecular formula is C21H26N2O2. The fraction of sp³-hybridized carbons (Fsp3) is 0.333. The molecular weight excluding hydrogens is 312 g/mol. The molecule has 2 rings (SSSR count). The molecule has 132 valence electrons. The fourth-order valence-corrected chi connectivity index (χ4v) is 2.65. The summed E-state index contributed by atoms with van der Waals surface area (Å²) in [5.41, 5.74) is 4.13. The highest BCUT2D eigenvalue weighted by Gasteiger charge is 2.10. The van der Waals surface area contributed by atoms with Gasteiger partial charge in [-0.25, -0.2) is 0 Å². The maximum Gasteiger partial charge on any atom is 0.251 e. The fourth-order valence-electron chi connectivity index (χ4n) is 2.65. The van der Waals surface area contributed by atoms with E-state index >= 15 is 0 Å². The van der Waals surface area contributed by atoms with E-state index in [1.165, 1.54) is 11.1 Å². The summed E-state index contributed by atoms with van der Waals surface area (Å²) >= 11 is 0. The van der Waals surface area contributed by atoms with E-state index in [1.54, 1.807) is 24.1 Å². The molecule has 0 aliphatic rings. The van der Waals surface area contributed by atoms with Crippen LogP contribution in [0.25, 0.3) is 0 Å². The Morgan fingerprint density at radius 2 is 1.48 bits per heavy atom. The average molecular weight is 338 g/mol. The van der Waals surface area contributed by atoms with Crippen molar-refractivity contribution in [3.63, 3.8) is 0 Å². The summed E-state index contributed by atoms with van der Waals surface area (Å²) in [5.74, 6) is 0.0139. The van der Waals surface area contributed by atoms with Gasteiger partial charge in [0.05, 0.1) is 0 Å². The second-order valence-corrected chi connectivity index (χ2v) is 6.20. The van der Waals surface area contributed by atoms with Crippen molar-refractivity contribution in [2.24, 2.45) is 0 Å². The van der Waals surface area contributed by atoms with Crippen LogP contribution >= 0.6 is 0 Å². The lowest BCUT2D eigenvalue weighted by atomic mass is 10.1. The Labute approximate surface area is 149 Å². The van der Waals surface area contributed by atoms with Gasteiger partial charge in [0.2, 0.25) is 5.91 Å². The van der Waals surface area contributed by atoms with Crippen LogP contribution in [-0.4, -0.2) is 30.8 Å². The van der Waals surface area contributed by atoms with Crippen molar-refractivity contribution in [1.82, 2.24) is 10.2 Å².